The number of hydrogen-bond acceptors (Lipinski definition) is 3. The minimum atomic E-state index is 0.0261. The van der Waals surface area contributed by atoms with Crippen LogP contribution in [0.3, 0.4) is 0 Å². The summed E-state index contributed by atoms with van der Waals surface area (Å²) in [5.41, 5.74) is 8.56. The van der Waals surface area contributed by atoms with Crippen molar-refractivity contribution in [1.29, 1.82) is 0 Å². The van der Waals surface area contributed by atoms with Crippen LogP contribution in [-0.2, 0) is 31.2 Å². The molecular weight excluding hydrogens is 192 g/mol. The maximum atomic E-state index is 11.8. The van der Waals surface area contributed by atoms with Crippen molar-refractivity contribution in [3.8, 4) is 0 Å². The van der Waals surface area contributed by atoms with E-state index in [-0.39, 0.29) is 5.56 Å². The van der Waals surface area contributed by atoms with Crippen LogP contribution in [0.15, 0.2) is 10.9 Å². The second-order valence-electron chi connectivity index (χ2n) is 3.82. The van der Waals surface area contributed by atoms with Crippen LogP contribution in [0, 0.1) is 0 Å². The molecule has 15 heavy (non-hydrogen) atoms. The summed E-state index contributed by atoms with van der Waals surface area (Å²) in [7, 11) is 1.81. The summed E-state index contributed by atoms with van der Waals surface area (Å²) in [4.78, 5) is 11.8. The first-order chi connectivity index (χ1) is 7.24. The molecule has 1 aliphatic heterocycles. The van der Waals surface area contributed by atoms with E-state index in [4.69, 9.17) is 10.5 Å². The van der Waals surface area contributed by atoms with Crippen LogP contribution in [0.1, 0.15) is 16.8 Å². The molecule has 1 aromatic rings. The van der Waals surface area contributed by atoms with Gasteiger partial charge >= 0.3 is 0 Å². The molecule has 0 aromatic carbocycles. The fourth-order valence-corrected chi connectivity index (χ4v) is 2.05. The summed E-state index contributed by atoms with van der Waals surface area (Å²) in [6.07, 6.45) is 1.68. The first-order valence-electron chi connectivity index (χ1n) is 5.22. The lowest BCUT2D eigenvalue weighted by atomic mass is 10.1. The largest absolute Gasteiger partial charge is 0.381 e. The van der Waals surface area contributed by atoms with Gasteiger partial charge in [0.25, 0.3) is 5.56 Å². The third kappa shape index (κ3) is 1.82. The fourth-order valence-electron chi connectivity index (χ4n) is 2.05. The van der Waals surface area contributed by atoms with Gasteiger partial charge in [0.1, 0.15) is 0 Å². The van der Waals surface area contributed by atoms with Crippen LogP contribution >= 0.6 is 0 Å². The van der Waals surface area contributed by atoms with Gasteiger partial charge in [-0.05, 0) is 18.1 Å². The van der Waals surface area contributed by atoms with E-state index in [0.717, 1.165) is 25.1 Å². The van der Waals surface area contributed by atoms with Crippen LogP contribution in [0.2, 0.25) is 0 Å². The summed E-state index contributed by atoms with van der Waals surface area (Å²) >= 11 is 0. The molecule has 0 aliphatic carbocycles. The van der Waals surface area contributed by atoms with E-state index in [2.05, 4.69) is 0 Å². The average molecular weight is 208 g/mol. The highest BCUT2D eigenvalue weighted by Crippen LogP contribution is 2.13. The van der Waals surface area contributed by atoms with Gasteiger partial charge in [-0.2, -0.15) is 0 Å². The fraction of sp³-hybridized carbons (Fsp3) is 0.545. The third-order valence-corrected chi connectivity index (χ3v) is 2.92. The van der Waals surface area contributed by atoms with Crippen molar-refractivity contribution < 1.29 is 4.74 Å². The van der Waals surface area contributed by atoms with Crippen molar-refractivity contribution in [3.05, 3.63) is 33.2 Å². The Balaban J connectivity index is 2.58. The van der Waals surface area contributed by atoms with Crippen LogP contribution in [0.4, 0.5) is 0 Å². The average Bonchev–Trinajstić information content (AvgIpc) is 2.48. The number of nitrogens with zero attached hydrogens (tertiary/aromatic N) is 1. The standard InChI is InChI=1S/C11H16N2O2/c1-13-10-3-5-15-4-2-8(10)6-9(7-12)11(13)14/h6H,2-5,7,12H2,1H3. The highest BCUT2D eigenvalue weighted by Gasteiger charge is 2.13. The summed E-state index contributed by atoms with van der Waals surface area (Å²) in [5.74, 6) is 0. The number of aromatic nitrogens is 1. The van der Waals surface area contributed by atoms with Crippen LogP contribution in [0.5, 0.6) is 0 Å². The van der Waals surface area contributed by atoms with E-state index in [1.807, 2.05) is 13.1 Å². The Morgan fingerprint density at radius 3 is 2.93 bits per heavy atom. The minimum absolute atomic E-state index is 0.0261. The molecule has 0 unspecified atom stereocenters. The summed E-state index contributed by atoms with van der Waals surface area (Å²) in [6.45, 7) is 1.73. The van der Waals surface area contributed by atoms with E-state index >= 15 is 0 Å². The zero-order valence-electron chi connectivity index (χ0n) is 8.95. The number of hydrogen-bond donors (Lipinski definition) is 1. The van der Waals surface area contributed by atoms with Gasteiger partial charge in [-0.15, -0.1) is 0 Å². The topological polar surface area (TPSA) is 57.2 Å². The molecule has 82 valence electrons. The van der Waals surface area contributed by atoms with Crippen molar-refractivity contribution >= 4 is 0 Å². The van der Waals surface area contributed by atoms with E-state index in [9.17, 15) is 4.79 Å². The Morgan fingerprint density at radius 2 is 2.20 bits per heavy atom. The monoisotopic (exact) mass is 208 g/mol. The number of nitrogens with two attached hydrogens (primary N) is 1. The van der Waals surface area contributed by atoms with E-state index < -0.39 is 0 Å². The minimum Gasteiger partial charge on any atom is -0.381 e. The second kappa shape index (κ2) is 4.16. The number of rotatable bonds is 1. The number of pyridine rings is 1. The molecule has 0 bridgehead atoms. The summed E-state index contributed by atoms with van der Waals surface area (Å²) in [5, 5.41) is 0. The van der Waals surface area contributed by atoms with Crippen LogP contribution in [0.25, 0.3) is 0 Å². The molecule has 4 nitrogen and oxygen atoms in total. The SMILES string of the molecule is Cn1c2c(cc(CN)c1=O)CCOCC2. The van der Waals surface area contributed by atoms with Gasteiger partial charge in [-0.1, -0.05) is 0 Å². The van der Waals surface area contributed by atoms with Crippen LogP contribution in [-0.4, -0.2) is 17.8 Å². The van der Waals surface area contributed by atoms with E-state index in [1.54, 1.807) is 4.57 Å². The van der Waals surface area contributed by atoms with Crippen molar-refractivity contribution in [2.45, 2.75) is 19.4 Å². The predicted octanol–water partition coefficient (Wildman–Crippen LogP) is -0.0408. The lowest BCUT2D eigenvalue weighted by Crippen LogP contribution is -2.27. The number of ether oxygens (including phenoxy) is 1. The second-order valence-corrected chi connectivity index (χ2v) is 3.82. The van der Waals surface area contributed by atoms with Gasteiger partial charge in [0.05, 0.1) is 13.2 Å². The molecule has 0 spiro atoms. The molecule has 2 rings (SSSR count). The molecule has 0 radical (unpaired) electrons. The maximum absolute atomic E-state index is 11.8. The third-order valence-electron chi connectivity index (χ3n) is 2.92. The lowest BCUT2D eigenvalue weighted by Gasteiger charge is -2.12. The molecule has 0 amide bonds. The lowest BCUT2D eigenvalue weighted by molar-refractivity contribution is 0.146. The van der Waals surface area contributed by atoms with Crippen molar-refractivity contribution in [3.63, 3.8) is 0 Å². The molecule has 0 fully saturated rings. The molecular formula is C11H16N2O2. The molecule has 0 atom stereocenters. The van der Waals surface area contributed by atoms with Gasteiger partial charge in [-0.25, -0.2) is 0 Å². The number of fused-ring (bicyclic) bond motifs is 1. The Morgan fingerprint density at radius 1 is 1.47 bits per heavy atom. The quantitative estimate of drug-likeness (QED) is 0.704. The van der Waals surface area contributed by atoms with Gasteiger partial charge < -0.3 is 15.0 Å². The van der Waals surface area contributed by atoms with Crippen molar-refractivity contribution in [1.82, 2.24) is 4.57 Å². The zero-order valence-corrected chi connectivity index (χ0v) is 8.95. The van der Waals surface area contributed by atoms with Crippen LogP contribution < -0.4 is 11.3 Å². The summed E-state index contributed by atoms with van der Waals surface area (Å²) < 4.78 is 7.11. The zero-order chi connectivity index (χ0) is 10.8. The Labute approximate surface area is 88.7 Å². The van der Waals surface area contributed by atoms with Crippen molar-refractivity contribution in [2.75, 3.05) is 13.2 Å². The molecule has 0 saturated heterocycles. The molecule has 2 N–H and O–H groups in total. The Bertz CT molecular complexity index is 423. The smallest absolute Gasteiger partial charge is 0.254 e. The van der Waals surface area contributed by atoms with Gasteiger partial charge in [0.15, 0.2) is 0 Å². The molecule has 1 aromatic heterocycles. The molecule has 0 saturated carbocycles. The Kier molecular flexibility index (Phi) is 2.88. The first kappa shape index (κ1) is 10.4. The van der Waals surface area contributed by atoms with Crippen molar-refractivity contribution in [2.24, 2.45) is 12.8 Å². The first-order valence-corrected chi connectivity index (χ1v) is 5.22. The molecule has 4 heteroatoms. The summed E-state index contributed by atoms with van der Waals surface area (Å²) in [6, 6.07) is 1.94. The predicted molar refractivity (Wildman–Crippen MR) is 57.8 cm³/mol. The maximum Gasteiger partial charge on any atom is 0.254 e. The van der Waals surface area contributed by atoms with Gasteiger partial charge in [0.2, 0.25) is 0 Å². The van der Waals surface area contributed by atoms with Gasteiger partial charge in [0, 0.05) is 31.3 Å². The Hall–Kier alpha value is -1.13. The molecule has 2 heterocycles. The molecule has 1 aliphatic rings. The van der Waals surface area contributed by atoms with Gasteiger partial charge in [-0.3, -0.25) is 4.79 Å². The highest BCUT2D eigenvalue weighted by atomic mass is 16.5. The highest BCUT2D eigenvalue weighted by molar-refractivity contribution is 5.28. The van der Waals surface area contributed by atoms with E-state index in [1.165, 1.54) is 5.56 Å². The van der Waals surface area contributed by atoms with E-state index in [0.29, 0.717) is 18.7 Å². The normalized spacial score (nSPS) is 15.9.